The van der Waals surface area contributed by atoms with Crippen LogP contribution >= 0.6 is 0 Å². The molecule has 32 heavy (non-hydrogen) atoms. The Kier molecular flexibility index (Phi) is 5.95. The molecular weight excluding hydrogens is 414 g/mol. The van der Waals surface area contributed by atoms with E-state index in [4.69, 9.17) is 18.9 Å². The minimum atomic E-state index is -0.927. The molecule has 2 aliphatic heterocycles. The predicted molar refractivity (Wildman–Crippen MR) is 114 cm³/mol. The molecule has 1 N–H and O–H groups in total. The van der Waals surface area contributed by atoms with Crippen molar-refractivity contribution in [3.63, 3.8) is 0 Å². The molecule has 0 unspecified atom stereocenters. The summed E-state index contributed by atoms with van der Waals surface area (Å²) in [5.41, 5.74) is 2.78. The number of rotatable bonds is 5. The van der Waals surface area contributed by atoms with Gasteiger partial charge in [-0.1, -0.05) is 19.9 Å². The number of Topliss-reactive ketones (excluding diaryl/α,β-unsaturated/α-hetero) is 1. The maximum absolute atomic E-state index is 13.6. The number of fused-ring (bicyclic) bond motifs is 1. The third kappa shape index (κ3) is 3.63. The molecule has 170 valence electrons. The van der Waals surface area contributed by atoms with Gasteiger partial charge in [0.2, 0.25) is 6.79 Å². The van der Waals surface area contributed by atoms with Crippen LogP contribution in [-0.2, 0) is 23.9 Å². The SMILES string of the molecule is CCCOC(=O)C1=C(C)NC2=C(C(=O)[C@H](C(=O)OC)[C@H](C)C2)[C@@H]1c1ccc2c(c1)OCO2. The summed E-state index contributed by atoms with van der Waals surface area (Å²) in [7, 11) is 1.28. The van der Waals surface area contributed by atoms with Crippen molar-refractivity contribution in [1.82, 2.24) is 5.32 Å². The van der Waals surface area contributed by atoms with Crippen LogP contribution in [0.2, 0.25) is 0 Å². The van der Waals surface area contributed by atoms with Gasteiger partial charge in [0.1, 0.15) is 5.92 Å². The first-order valence-electron chi connectivity index (χ1n) is 10.8. The first kappa shape index (κ1) is 21.9. The van der Waals surface area contributed by atoms with Gasteiger partial charge >= 0.3 is 11.9 Å². The fourth-order valence-corrected chi connectivity index (χ4v) is 4.65. The second kappa shape index (κ2) is 8.68. The molecule has 0 saturated heterocycles. The molecule has 0 bridgehead atoms. The van der Waals surface area contributed by atoms with E-state index in [1.165, 1.54) is 7.11 Å². The number of hydrogen-bond acceptors (Lipinski definition) is 8. The lowest BCUT2D eigenvalue weighted by Gasteiger charge is -2.38. The van der Waals surface area contributed by atoms with Gasteiger partial charge in [-0.15, -0.1) is 0 Å². The Morgan fingerprint density at radius 1 is 1.22 bits per heavy atom. The minimum absolute atomic E-state index is 0.111. The Morgan fingerprint density at radius 3 is 2.69 bits per heavy atom. The van der Waals surface area contributed by atoms with E-state index in [1.807, 2.05) is 19.9 Å². The molecule has 1 aromatic rings. The summed E-state index contributed by atoms with van der Waals surface area (Å²) >= 11 is 0. The van der Waals surface area contributed by atoms with Crippen molar-refractivity contribution in [2.45, 2.75) is 39.5 Å². The van der Waals surface area contributed by atoms with Crippen LogP contribution in [0.3, 0.4) is 0 Å². The molecule has 0 fully saturated rings. The zero-order chi connectivity index (χ0) is 23.0. The van der Waals surface area contributed by atoms with Gasteiger partial charge in [0, 0.05) is 22.9 Å². The molecule has 1 aliphatic carbocycles. The van der Waals surface area contributed by atoms with E-state index in [0.717, 1.165) is 5.70 Å². The smallest absolute Gasteiger partial charge is 0.336 e. The highest BCUT2D eigenvalue weighted by Crippen LogP contribution is 2.47. The molecule has 0 aromatic heterocycles. The number of allylic oxidation sites excluding steroid dienone is 3. The van der Waals surface area contributed by atoms with Crippen LogP contribution in [0.4, 0.5) is 0 Å². The predicted octanol–water partition coefficient (Wildman–Crippen LogP) is 2.98. The van der Waals surface area contributed by atoms with Crippen LogP contribution in [0.5, 0.6) is 11.5 Å². The molecule has 3 atom stereocenters. The number of methoxy groups -OCH3 is 1. The number of esters is 2. The van der Waals surface area contributed by atoms with Crippen LogP contribution in [0, 0.1) is 11.8 Å². The van der Waals surface area contributed by atoms with Crippen molar-refractivity contribution in [2.75, 3.05) is 20.5 Å². The molecule has 0 spiro atoms. The first-order chi connectivity index (χ1) is 15.4. The zero-order valence-corrected chi connectivity index (χ0v) is 18.7. The van der Waals surface area contributed by atoms with Gasteiger partial charge < -0.3 is 24.3 Å². The quantitative estimate of drug-likeness (QED) is 0.550. The molecule has 0 radical (unpaired) electrons. The lowest BCUT2D eigenvalue weighted by Crippen LogP contribution is -2.43. The summed E-state index contributed by atoms with van der Waals surface area (Å²) in [5, 5.41) is 3.25. The highest BCUT2D eigenvalue weighted by atomic mass is 16.7. The van der Waals surface area contributed by atoms with Crippen molar-refractivity contribution < 1.29 is 33.3 Å². The minimum Gasteiger partial charge on any atom is -0.468 e. The van der Waals surface area contributed by atoms with Crippen LogP contribution in [0.1, 0.15) is 45.1 Å². The standard InChI is InChI=1S/C24H27NO7/c1-5-8-30-24(28)19-13(3)25-15-9-12(2)18(23(27)29-4)22(26)21(15)20(19)14-6-7-16-17(10-14)32-11-31-16/h6-7,10,12,18,20,25H,5,8-9,11H2,1-4H3/t12-,18-,20-/m1/s1. The van der Waals surface area contributed by atoms with Crippen molar-refractivity contribution in [2.24, 2.45) is 11.8 Å². The van der Waals surface area contributed by atoms with E-state index in [0.29, 0.717) is 46.7 Å². The second-order valence-electron chi connectivity index (χ2n) is 8.28. The normalized spacial score (nSPS) is 24.1. The summed E-state index contributed by atoms with van der Waals surface area (Å²) < 4.78 is 21.3. The fraction of sp³-hybridized carbons (Fsp3) is 0.458. The van der Waals surface area contributed by atoms with Gasteiger partial charge in [0.25, 0.3) is 0 Å². The number of carbonyl (C=O) groups is 3. The average Bonchev–Trinajstić information content (AvgIpc) is 3.24. The molecule has 0 amide bonds. The van der Waals surface area contributed by atoms with E-state index in [-0.39, 0.29) is 25.1 Å². The lowest BCUT2D eigenvalue weighted by atomic mass is 9.69. The van der Waals surface area contributed by atoms with Crippen LogP contribution < -0.4 is 14.8 Å². The fourth-order valence-electron chi connectivity index (χ4n) is 4.65. The second-order valence-corrected chi connectivity index (χ2v) is 8.28. The Labute approximate surface area is 186 Å². The van der Waals surface area contributed by atoms with Crippen LogP contribution in [0.25, 0.3) is 0 Å². The topological polar surface area (TPSA) is 100 Å². The third-order valence-electron chi connectivity index (χ3n) is 6.13. The van der Waals surface area contributed by atoms with Gasteiger partial charge in [-0.3, -0.25) is 9.59 Å². The Morgan fingerprint density at radius 2 is 1.97 bits per heavy atom. The number of carbonyl (C=O) groups excluding carboxylic acids is 3. The van der Waals surface area contributed by atoms with Crippen molar-refractivity contribution >= 4 is 17.7 Å². The van der Waals surface area contributed by atoms with E-state index < -0.39 is 23.8 Å². The Balaban J connectivity index is 1.85. The molecule has 8 nitrogen and oxygen atoms in total. The Hall–Kier alpha value is -3.29. The third-order valence-corrected chi connectivity index (χ3v) is 6.13. The molecular formula is C24H27NO7. The summed E-state index contributed by atoms with van der Waals surface area (Å²) in [6, 6.07) is 5.35. The average molecular weight is 441 g/mol. The van der Waals surface area contributed by atoms with Gasteiger partial charge in [0.05, 0.1) is 19.3 Å². The number of ketones is 1. The van der Waals surface area contributed by atoms with Gasteiger partial charge in [-0.2, -0.15) is 0 Å². The van der Waals surface area contributed by atoms with Crippen molar-refractivity contribution in [1.29, 1.82) is 0 Å². The maximum atomic E-state index is 13.6. The van der Waals surface area contributed by atoms with Gasteiger partial charge in [-0.25, -0.2) is 4.79 Å². The first-order valence-corrected chi connectivity index (χ1v) is 10.8. The van der Waals surface area contributed by atoms with E-state index in [2.05, 4.69) is 5.32 Å². The highest BCUT2D eigenvalue weighted by molar-refractivity contribution is 6.12. The summed E-state index contributed by atoms with van der Waals surface area (Å²) in [6.07, 6.45) is 1.16. The van der Waals surface area contributed by atoms with E-state index in [9.17, 15) is 14.4 Å². The monoisotopic (exact) mass is 441 g/mol. The van der Waals surface area contributed by atoms with Crippen LogP contribution in [-0.4, -0.2) is 38.2 Å². The van der Waals surface area contributed by atoms with Crippen molar-refractivity contribution in [3.8, 4) is 11.5 Å². The van der Waals surface area contributed by atoms with Crippen LogP contribution in [0.15, 0.2) is 40.7 Å². The maximum Gasteiger partial charge on any atom is 0.336 e. The lowest BCUT2D eigenvalue weighted by molar-refractivity contribution is -0.151. The zero-order valence-electron chi connectivity index (χ0n) is 18.7. The molecule has 3 aliphatic rings. The Bertz CT molecular complexity index is 1040. The number of dihydropyridines is 1. The number of benzene rings is 1. The van der Waals surface area contributed by atoms with Gasteiger partial charge in [-0.05, 0) is 43.4 Å². The summed E-state index contributed by atoms with van der Waals surface area (Å²) in [4.78, 5) is 39.2. The molecule has 1 aromatic carbocycles. The number of hydrogen-bond donors (Lipinski definition) is 1. The molecule has 4 rings (SSSR count). The summed E-state index contributed by atoms with van der Waals surface area (Å²) in [5.74, 6) is -2.12. The van der Waals surface area contributed by atoms with E-state index in [1.54, 1.807) is 19.1 Å². The summed E-state index contributed by atoms with van der Waals surface area (Å²) in [6.45, 7) is 5.94. The molecule has 8 heteroatoms. The number of nitrogens with one attached hydrogen (secondary N) is 1. The number of ether oxygens (including phenoxy) is 4. The molecule has 2 heterocycles. The molecule has 0 saturated carbocycles. The highest BCUT2D eigenvalue weighted by Gasteiger charge is 2.47. The van der Waals surface area contributed by atoms with Crippen molar-refractivity contribution in [3.05, 3.63) is 46.3 Å². The largest absolute Gasteiger partial charge is 0.468 e. The van der Waals surface area contributed by atoms with E-state index >= 15 is 0 Å². The van der Waals surface area contributed by atoms with Gasteiger partial charge in [0.15, 0.2) is 17.3 Å².